The predicted octanol–water partition coefficient (Wildman–Crippen LogP) is 2.27. The fourth-order valence-electron chi connectivity index (χ4n) is 8.05. The SMILES string of the molecule is CC1(C)O[C@@H]2C[C@H]3[C@@H]4C[C@H](F)C5=CC(=O)C=C[C@]5(C)[C@H]4C(O)C[C@]3(C)[C@]2(C(=O)CO)O1. The standard InChI is InChI=1S/C24H31FO6/c1-21(2)30-19-9-14-13-8-16(25)15-7-12(27)5-6-22(15,3)20(13)17(28)10-23(14,4)24(19,31-21)18(29)11-26/h5-7,13-14,16-17,19-20,26,28H,8-11H2,1-4H3/t13-,14-,16-,17?,19+,20+,22-,23-,24+/m0/s1. The van der Waals surface area contributed by atoms with Crippen molar-refractivity contribution in [1.82, 2.24) is 0 Å². The number of ketones is 2. The zero-order valence-electron chi connectivity index (χ0n) is 18.4. The van der Waals surface area contributed by atoms with Crippen LogP contribution in [0.15, 0.2) is 23.8 Å². The van der Waals surface area contributed by atoms with Crippen molar-refractivity contribution in [3.8, 4) is 0 Å². The van der Waals surface area contributed by atoms with Crippen molar-refractivity contribution in [2.24, 2.45) is 28.6 Å². The monoisotopic (exact) mass is 434 g/mol. The summed E-state index contributed by atoms with van der Waals surface area (Å²) in [6.45, 7) is 6.65. The van der Waals surface area contributed by atoms with Gasteiger partial charge in [0.05, 0.1) is 12.2 Å². The Hall–Kier alpha value is -1.41. The van der Waals surface area contributed by atoms with E-state index in [0.29, 0.717) is 12.0 Å². The maximum atomic E-state index is 15.4. The Bertz CT molecular complexity index is 910. The summed E-state index contributed by atoms with van der Waals surface area (Å²) in [6.07, 6.45) is 2.90. The number of hydrogen-bond donors (Lipinski definition) is 2. The van der Waals surface area contributed by atoms with Crippen LogP contribution < -0.4 is 0 Å². The summed E-state index contributed by atoms with van der Waals surface area (Å²) in [6, 6.07) is 0. The van der Waals surface area contributed by atoms with Crippen molar-refractivity contribution in [3.63, 3.8) is 0 Å². The molecule has 9 atom stereocenters. The number of carbonyl (C=O) groups excluding carboxylic acids is 2. The predicted molar refractivity (Wildman–Crippen MR) is 109 cm³/mol. The highest BCUT2D eigenvalue weighted by molar-refractivity contribution is 6.01. The minimum atomic E-state index is -1.37. The molecular formula is C24H31FO6. The third kappa shape index (κ3) is 2.52. The van der Waals surface area contributed by atoms with Crippen LogP contribution in [0.1, 0.15) is 47.0 Å². The Morgan fingerprint density at radius 2 is 1.97 bits per heavy atom. The molecule has 5 rings (SSSR count). The fraction of sp³-hybridized carbons (Fsp3) is 0.750. The van der Waals surface area contributed by atoms with Gasteiger partial charge in [0, 0.05) is 16.7 Å². The fourth-order valence-corrected chi connectivity index (χ4v) is 8.05. The highest BCUT2D eigenvalue weighted by Gasteiger charge is 2.77. The summed E-state index contributed by atoms with van der Waals surface area (Å²) in [5.41, 5.74) is -2.50. The third-order valence-corrected chi connectivity index (χ3v) is 9.03. The highest BCUT2D eigenvalue weighted by atomic mass is 19.1. The number of alkyl halides is 1. The summed E-state index contributed by atoms with van der Waals surface area (Å²) in [5, 5.41) is 21.3. The van der Waals surface area contributed by atoms with E-state index in [9.17, 15) is 19.8 Å². The first-order valence-corrected chi connectivity index (χ1v) is 11.2. The maximum Gasteiger partial charge on any atom is 0.193 e. The summed E-state index contributed by atoms with van der Waals surface area (Å²) in [5.74, 6) is -2.28. The van der Waals surface area contributed by atoms with Gasteiger partial charge >= 0.3 is 0 Å². The number of fused-ring (bicyclic) bond motifs is 7. The van der Waals surface area contributed by atoms with E-state index in [4.69, 9.17) is 9.47 Å². The molecule has 0 spiro atoms. The molecule has 0 aromatic heterocycles. The van der Waals surface area contributed by atoms with E-state index in [0.717, 1.165) is 0 Å². The molecule has 31 heavy (non-hydrogen) atoms. The molecule has 1 heterocycles. The second kappa shape index (κ2) is 6.34. The number of allylic oxidation sites excluding steroid dienone is 4. The molecule has 0 aromatic rings. The summed E-state index contributed by atoms with van der Waals surface area (Å²) in [7, 11) is 0. The van der Waals surface area contributed by atoms with Crippen molar-refractivity contribution < 1.29 is 33.7 Å². The number of hydrogen-bond acceptors (Lipinski definition) is 6. The molecule has 7 heteroatoms. The number of aliphatic hydroxyl groups is 2. The Kier molecular flexibility index (Phi) is 4.38. The molecule has 0 radical (unpaired) electrons. The van der Waals surface area contributed by atoms with Gasteiger partial charge in [-0.2, -0.15) is 0 Å². The molecule has 170 valence electrons. The van der Waals surface area contributed by atoms with Crippen molar-refractivity contribution in [1.29, 1.82) is 0 Å². The van der Waals surface area contributed by atoms with E-state index >= 15 is 4.39 Å². The molecule has 1 aliphatic heterocycles. The van der Waals surface area contributed by atoms with Gasteiger partial charge in [0.1, 0.15) is 12.8 Å². The normalized spacial score (nSPS) is 52.1. The molecule has 3 saturated carbocycles. The Morgan fingerprint density at radius 3 is 2.65 bits per heavy atom. The molecule has 5 aliphatic rings. The van der Waals surface area contributed by atoms with E-state index in [1.165, 1.54) is 12.2 Å². The number of aliphatic hydroxyl groups excluding tert-OH is 2. The Balaban J connectivity index is 1.62. The second-order valence-corrected chi connectivity index (χ2v) is 11.0. The van der Waals surface area contributed by atoms with Crippen LogP contribution in [0.2, 0.25) is 0 Å². The van der Waals surface area contributed by atoms with Crippen LogP contribution in [0, 0.1) is 28.6 Å². The minimum Gasteiger partial charge on any atom is -0.393 e. The number of rotatable bonds is 2. The van der Waals surface area contributed by atoms with E-state index in [1.54, 1.807) is 19.9 Å². The van der Waals surface area contributed by atoms with Crippen molar-refractivity contribution in [3.05, 3.63) is 23.8 Å². The van der Waals surface area contributed by atoms with Gasteiger partial charge < -0.3 is 19.7 Å². The number of ether oxygens (including phenoxy) is 2. The van der Waals surface area contributed by atoms with Gasteiger partial charge in [-0.1, -0.05) is 19.9 Å². The van der Waals surface area contributed by atoms with Gasteiger partial charge in [-0.3, -0.25) is 9.59 Å². The molecule has 4 aliphatic carbocycles. The molecule has 6 nitrogen and oxygen atoms in total. The third-order valence-electron chi connectivity index (χ3n) is 9.03. The van der Waals surface area contributed by atoms with Crippen LogP contribution in [-0.4, -0.2) is 58.2 Å². The van der Waals surface area contributed by atoms with Crippen molar-refractivity contribution in [2.45, 2.75) is 76.7 Å². The van der Waals surface area contributed by atoms with Crippen LogP contribution in [0.4, 0.5) is 4.39 Å². The lowest BCUT2D eigenvalue weighted by Crippen LogP contribution is -2.64. The highest BCUT2D eigenvalue weighted by Crippen LogP contribution is 2.70. The summed E-state index contributed by atoms with van der Waals surface area (Å²) >= 11 is 0. The molecule has 1 unspecified atom stereocenters. The molecular weight excluding hydrogens is 403 g/mol. The molecule has 2 N–H and O–H groups in total. The van der Waals surface area contributed by atoms with Gasteiger partial charge in [0.2, 0.25) is 0 Å². The van der Waals surface area contributed by atoms with E-state index in [2.05, 4.69) is 0 Å². The Morgan fingerprint density at radius 1 is 1.26 bits per heavy atom. The second-order valence-electron chi connectivity index (χ2n) is 11.0. The molecule has 0 aromatic carbocycles. The average molecular weight is 435 g/mol. The van der Waals surface area contributed by atoms with Crippen LogP contribution >= 0.6 is 0 Å². The van der Waals surface area contributed by atoms with Gasteiger partial charge in [-0.25, -0.2) is 4.39 Å². The zero-order valence-corrected chi connectivity index (χ0v) is 18.4. The van der Waals surface area contributed by atoms with Crippen LogP contribution in [0.5, 0.6) is 0 Å². The molecule has 4 fully saturated rings. The largest absolute Gasteiger partial charge is 0.393 e. The van der Waals surface area contributed by atoms with E-state index < -0.39 is 53.0 Å². The molecule has 1 saturated heterocycles. The number of Topliss-reactive ketones (excluding diaryl/α,β-unsaturated/α-hetero) is 1. The quantitative estimate of drug-likeness (QED) is 0.693. The van der Waals surface area contributed by atoms with E-state index in [1.807, 2.05) is 13.8 Å². The van der Waals surface area contributed by atoms with Gasteiger partial charge in [0.15, 0.2) is 23.0 Å². The topological polar surface area (TPSA) is 93.1 Å². The Labute approximate surface area is 181 Å². The first-order valence-electron chi connectivity index (χ1n) is 11.2. The number of halogens is 1. The smallest absolute Gasteiger partial charge is 0.193 e. The number of carbonyl (C=O) groups is 2. The minimum absolute atomic E-state index is 0.125. The lowest BCUT2D eigenvalue weighted by Gasteiger charge is -2.60. The van der Waals surface area contributed by atoms with Gasteiger partial charge in [0.25, 0.3) is 0 Å². The van der Waals surface area contributed by atoms with Crippen LogP contribution in [0.25, 0.3) is 0 Å². The maximum absolute atomic E-state index is 15.4. The van der Waals surface area contributed by atoms with Crippen molar-refractivity contribution >= 4 is 11.6 Å². The average Bonchev–Trinajstić information content (AvgIpc) is 3.08. The van der Waals surface area contributed by atoms with Crippen molar-refractivity contribution in [2.75, 3.05) is 6.61 Å². The summed E-state index contributed by atoms with van der Waals surface area (Å²) in [4.78, 5) is 25.1. The zero-order chi connectivity index (χ0) is 22.6. The van der Waals surface area contributed by atoms with Crippen LogP contribution in [0.3, 0.4) is 0 Å². The molecule has 0 bridgehead atoms. The lowest BCUT2D eigenvalue weighted by atomic mass is 9.46. The summed E-state index contributed by atoms with van der Waals surface area (Å²) < 4.78 is 27.9. The van der Waals surface area contributed by atoms with Gasteiger partial charge in [-0.15, -0.1) is 0 Å². The van der Waals surface area contributed by atoms with E-state index in [-0.39, 0.29) is 36.4 Å². The first-order chi connectivity index (χ1) is 14.4. The van der Waals surface area contributed by atoms with Crippen LogP contribution in [-0.2, 0) is 19.1 Å². The van der Waals surface area contributed by atoms with Gasteiger partial charge in [-0.05, 0) is 62.7 Å². The lowest BCUT2D eigenvalue weighted by molar-refractivity contribution is -0.226. The molecule has 0 amide bonds. The first kappa shape index (κ1) is 21.4.